The Morgan fingerprint density at radius 1 is 1.29 bits per heavy atom. The second-order valence-corrected chi connectivity index (χ2v) is 11.2. The van der Waals surface area contributed by atoms with Gasteiger partial charge in [0.15, 0.2) is 8.32 Å². The molecular formula is C11H25IOSi. The Morgan fingerprint density at radius 2 is 1.79 bits per heavy atom. The van der Waals surface area contributed by atoms with Gasteiger partial charge in [-0.2, -0.15) is 0 Å². The molecule has 0 saturated carbocycles. The first kappa shape index (κ1) is 14.9. The molecule has 0 aliphatic heterocycles. The van der Waals surface area contributed by atoms with Crippen LogP contribution >= 0.6 is 22.6 Å². The van der Waals surface area contributed by atoms with Crippen molar-refractivity contribution in [1.82, 2.24) is 0 Å². The molecule has 0 N–H and O–H groups in total. The number of rotatable bonds is 5. The molecule has 0 aromatic carbocycles. The maximum Gasteiger partial charge on any atom is 0.192 e. The second-order valence-electron chi connectivity index (χ2n) is 5.39. The third-order valence-electron chi connectivity index (χ3n) is 3.15. The van der Waals surface area contributed by atoms with Crippen molar-refractivity contribution < 1.29 is 4.43 Å². The van der Waals surface area contributed by atoms with Gasteiger partial charge >= 0.3 is 0 Å². The molecule has 1 nitrogen and oxygen atoms in total. The minimum atomic E-state index is -1.53. The molecule has 1 atom stereocenters. The van der Waals surface area contributed by atoms with Gasteiger partial charge in [-0.05, 0) is 31.0 Å². The predicted molar refractivity (Wildman–Crippen MR) is 75.9 cm³/mol. The Morgan fingerprint density at radius 3 is 2.07 bits per heavy atom. The molecule has 0 aliphatic rings. The topological polar surface area (TPSA) is 9.23 Å². The maximum absolute atomic E-state index is 6.33. The Hall–Kier alpha value is 0.907. The summed E-state index contributed by atoms with van der Waals surface area (Å²) in [6, 6.07) is 0. The number of alkyl halides is 1. The van der Waals surface area contributed by atoms with E-state index < -0.39 is 8.32 Å². The van der Waals surface area contributed by atoms with Gasteiger partial charge in [0, 0.05) is 10.5 Å². The summed E-state index contributed by atoms with van der Waals surface area (Å²) in [6.07, 6.45) is 2.83. The monoisotopic (exact) mass is 328 g/mol. The summed E-state index contributed by atoms with van der Waals surface area (Å²) in [6.45, 7) is 13.8. The van der Waals surface area contributed by atoms with Gasteiger partial charge in [0.2, 0.25) is 0 Å². The summed E-state index contributed by atoms with van der Waals surface area (Å²) in [7, 11) is -1.53. The molecule has 14 heavy (non-hydrogen) atoms. The summed E-state index contributed by atoms with van der Waals surface area (Å²) in [5.41, 5.74) is 0. The lowest BCUT2D eigenvalue weighted by atomic mass is 10.2. The Labute approximate surface area is 104 Å². The van der Waals surface area contributed by atoms with E-state index in [4.69, 9.17) is 4.43 Å². The highest BCUT2D eigenvalue weighted by Crippen LogP contribution is 2.37. The van der Waals surface area contributed by atoms with Crippen LogP contribution in [0, 0.1) is 0 Å². The van der Waals surface area contributed by atoms with E-state index in [2.05, 4.69) is 63.4 Å². The van der Waals surface area contributed by atoms with Crippen molar-refractivity contribution >= 4 is 30.9 Å². The molecule has 0 spiro atoms. The number of halogens is 1. The van der Waals surface area contributed by atoms with E-state index in [-0.39, 0.29) is 0 Å². The Balaban J connectivity index is 4.32. The zero-order valence-corrected chi connectivity index (χ0v) is 13.6. The highest BCUT2D eigenvalue weighted by molar-refractivity contribution is 14.1. The first-order valence-electron chi connectivity index (χ1n) is 5.48. The summed E-state index contributed by atoms with van der Waals surface area (Å²) >= 11 is 2.43. The van der Waals surface area contributed by atoms with Crippen LogP contribution in [0.3, 0.4) is 0 Å². The van der Waals surface area contributed by atoms with Crippen LogP contribution in [0.2, 0.25) is 18.1 Å². The van der Waals surface area contributed by atoms with Crippen molar-refractivity contribution in [2.75, 3.05) is 4.43 Å². The Kier molecular flexibility index (Phi) is 6.22. The third kappa shape index (κ3) is 4.62. The van der Waals surface area contributed by atoms with Crippen molar-refractivity contribution in [2.45, 2.75) is 64.8 Å². The first-order valence-corrected chi connectivity index (χ1v) is 9.91. The fraction of sp³-hybridized carbons (Fsp3) is 1.00. The van der Waals surface area contributed by atoms with Crippen molar-refractivity contribution in [3.8, 4) is 0 Å². The maximum atomic E-state index is 6.33. The van der Waals surface area contributed by atoms with E-state index in [9.17, 15) is 0 Å². The molecule has 0 amide bonds. The van der Waals surface area contributed by atoms with Gasteiger partial charge < -0.3 is 4.43 Å². The molecular weight excluding hydrogens is 303 g/mol. The largest absolute Gasteiger partial charge is 0.414 e. The van der Waals surface area contributed by atoms with Crippen molar-refractivity contribution in [1.29, 1.82) is 0 Å². The van der Waals surface area contributed by atoms with Gasteiger partial charge in [-0.25, -0.2) is 0 Å². The van der Waals surface area contributed by atoms with Crippen LogP contribution in [0.5, 0.6) is 0 Å². The van der Waals surface area contributed by atoms with E-state index in [1.54, 1.807) is 0 Å². The molecule has 0 aromatic rings. The normalized spacial score (nSPS) is 15.6. The lowest BCUT2D eigenvalue weighted by Crippen LogP contribution is -2.43. The smallest absolute Gasteiger partial charge is 0.192 e. The van der Waals surface area contributed by atoms with Gasteiger partial charge in [-0.1, -0.05) is 50.3 Å². The quantitative estimate of drug-likeness (QED) is 0.407. The zero-order chi connectivity index (χ0) is 11.4. The minimum absolute atomic E-state index is 0.339. The van der Waals surface area contributed by atoms with Crippen molar-refractivity contribution in [2.24, 2.45) is 0 Å². The molecule has 0 aromatic heterocycles. The molecule has 0 rings (SSSR count). The highest BCUT2D eigenvalue weighted by Gasteiger charge is 2.38. The van der Waals surface area contributed by atoms with Crippen LogP contribution < -0.4 is 0 Å². The lowest BCUT2D eigenvalue weighted by molar-refractivity contribution is 0.174. The fourth-order valence-electron chi connectivity index (χ4n) is 1.06. The van der Waals surface area contributed by atoms with E-state index in [1.807, 2.05) is 0 Å². The predicted octanol–water partition coefficient (Wildman–Crippen LogP) is 4.61. The SMILES string of the molecule is CC[C@H](CCI)O[Si](C)(C)C(C)(C)C. The average molecular weight is 328 g/mol. The average Bonchev–Trinajstić information content (AvgIpc) is 2.01. The summed E-state index contributed by atoms with van der Waals surface area (Å²) in [5, 5.41) is 0.339. The van der Waals surface area contributed by atoms with Crippen molar-refractivity contribution in [3.05, 3.63) is 0 Å². The number of hydrogen-bond donors (Lipinski definition) is 0. The molecule has 0 aliphatic carbocycles. The second kappa shape index (κ2) is 5.85. The van der Waals surface area contributed by atoms with E-state index in [1.165, 1.54) is 10.8 Å². The van der Waals surface area contributed by atoms with Gasteiger partial charge in [-0.3, -0.25) is 0 Å². The lowest BCUT2D eigenvalue weighted by Gasteiger charge is -2.39. The summed E-state index contributed by atoms with van der Waals surface area (Å²) in [5.74, 6) is 0. The molecule has 0 fully saturated rings. The minimum Gasteiger partial charge on any atom is -0.414 e. The van der Waals surface area contributed by atoms with Gasteiger partial charge in [0.25, 0.3) is 0 Å². The van der Waals surface area contributed by atoms with E-state index in [0.29, 0.717) is 11.1 Å². The van der Waals surface area contributed by atoms with Crippen LogP contribution in [0.25, 0.3) is 0 Å². The fourth-order valence-corrected chi connectivity index (χ4v) is 3.23. The molecule has 86 valence electrons. The van der Waals surface area contributed by atoms with E-state index in [0.717, 1.165) is 6.42 Å². The summed E-state index contributed by atoms with van der Waals surface area (Å²) in [4.78, 5) is 0. The molecule has 0 saturated heterocycles. The van der Waals surface area contributed by atoms with Gasteiger partial charge in [0.1, 0.15) is 0 Å². The Bertz CT molecular complexity index is 163. The molecule has 0 bridgehead atoms. The van der Waals surface area contributed by atoms with Crippen LogP contribution in [-0.4, -0.2) is 18.8 Å². The standard InChI is InChI=1S/C11H25IOSi/c1-7-10(8-9-12)13-14(5,6)11(2,3)4/h10H,7-9H2,1-6H3/t10-/m1/s1. The van der Waals surface area contributed by atoms with Crippen LogP contribution in [0.4, 0.5) is 0 Å². The van der Waals surface area contributed by atoms with Gasteiger partial charge in [0.05, 0.1) is 0 Å². The third-order valence-corrected chi connectivity index (χ3v) is 8.31. The molecule has 3 heteroatoms. The van der Waals surface area contributed by atoms with Crippen LogP contribution in [0.1, 0.15) is 40.5 Å². The highest BCUT2D eigenvalue weighted by atomic mass is 127. The molecule has 0 unspecified atom stereocenters. The number of hydrogen-bond acceptors (Lipinski definition) is 1. The first-order chi connectivity index (χ1) is 6.24. The van der Waals surface area contributed by atoms with Gasteiger partial charge in [-0.15, -0.1) is 0 Å². The summed E-state index contributed by atoms with van der Waals surface area (Å²) < 4.78 is 7.53. The van der Waals surface area contributed by atoms with Crippen LogP contribution in [0.15, 0.2) is 0 Å². The molecule has 0 radical (unpaired) electrons. The molecule has 0 heterocycles. The van der Waals surface area contributed by atoms with Crippen molar-refractivity contribution in [3.63, 3.8) is 0 Å². The van der Waals surface area contributed by atoms with Crippen LogP contribution in [-0.2, 0) is 4.43 Å². The van der Waals surface area contributed by atoms with E-state index >= 15 is 0 Å². The zero-order valence-electron chi connectivity index (χ0n) is 10.5.